The molecule has 1 aliphatic carbocycles. The molecule has 0 saturated carbocycles. The van der Waals surface area contributed by atoms with Crippen LogP contribution in [0.15, 0.2) is 54.6 Å². The van der Waals surface area contributed by atoms with Gasteiger partial charge in [0.05, 0.1) is 12.0 Å². The summed E-state index contributed by atoms with van der Waals surface area (Å²) in [6.07, 6.45) is 5.43. The summed E-state index contributed by atoms with van der Waals surface area (Å²) in [5.41, 5.74) is 4.87. The van der Waals surface area contributed by atoms with Gasteiger partial charge in [0.2, 0.25) is 0 Å². The van der Waals surface area contributed by atoms with Crippen LogP contribution < -0.4 is 10.4 Å². The van der Waals surface area contributed by atoms with Gasteiger partial charge in [0, 0.05) is 11.6 Å². The third-order valence-corrected chi connectivity index (χ3v) is 5.03. The highest BCUT2D eigenvalue weighted by Gasteiger charge is 2.37. The first-order chi connectivity index (χ1) is 11.1. The third-order valence-electron chi connectivity index (χ3n) is 5.03. The number of nitrogens with one attached hydrogen (secondary N) is 1. The van der Waals surface area contributed by atoms with Crippen LogP contribution in [0.4, 0.5) is 5.69 Å². The van der Waals surface area contributed by atoms with Gasteiger partial charge in [-0.2, -0.15) is 0 Å². The normalized spacial score (nSPS) is 24.7. The van der Waals surface area contributed by atoms with Crippen molar-refractivity contribution in [2.24, 2.45) is 5.92 Å². The Labute approximate surface area is 135 Å². The lowest BCUT2D eigenvalue weighted by Gasteiger charge is -2.38. The minimum atomic E-state index is -1.12. The molecule has 0 amide bonds. The van der Waals surface area contributed by atoms with Gasteiger partial charge in [-0.1, -0.05) is 48.0 Å². The molecule has 3 nitrogen and oxygen atoms in total. The van der Waals surface area contributed by atoms with Crippen LogP contribution in [0.1, 0.15) is 45.4 Å². The summed E-state index contributed by atoms with van der Waals surface area (Å²) in [5, 5.41) is 14.8. The van der Waals surface area contributed by atoms with Crippen molar-refractivity contribution >= 4 is 11.7 Å². The minimum Gasteiger partial charge on any atom is -0.545 e. The lowest BCUT2D eigenvalue weighted by atomic mass is 9.76. The number of allylic oxidation sites excluding steroid dienone is 2. The number of anilines is 1. The monoisotopic (exact) mass is 304 g/mol. The van der Waals surface area contributed by atoms with Crippen LogP contribution >= 0.6 is 0 Å². The Morgan fingerprint density at radius 1 is 1.17 bits per heavy atom. The Morgan fingerprint density at radius 2 is 1.96 bits per heavy atom. The van der Waals surface area contributed by atoms with Gasteiger partial charge in [0.15, 0.2) is 0 Å². The molecule has 0 aromatic heterocycles. The van der Waals surface area contributed by atoms with Crippen LogP contribution in [0.3, 0.4) is 0 Å². The third kappa shape index (κ3) is 2.33. The number of hydrogen-bond donors (Lipinski definition) is 1. The van der Waals surface area contributed by atoms with Crippen molar-refractivity contribution < 1.29 is 9.90 Å². The van der Waals surface area contributed by atoms with Gasteiger partial charge in [-0.05, 0) is 48.1 Å². The van der Waals surface area contributed by atoms with E-state index in [9.17, 15) is 9.90 Å². The van der Waals surface area contributed by atoms with E-state index in [1.54, 1.807) is 12.1 Å². The highest BCUT2D eigenvalue weighted by Crippen LogP contribution is 2.49. The molecule has 0 unspecified atom stereocenters. The van der Waals surface area contributed by atoms with Crippen molar-refractivity contribution in [3.8, 4) is 0 Å². The number of fused-ring (bicyclic) bond motifs is 3. The Morgan fingerprint density at radius 3 is 2.70 bits per heavy atom. The zero-order valence-corrected chi connectivity index (χ0v) is 13.0. The molecule has 2 aromatic carbocycles. The van der Waals surface area contributed by atoms with Gasteiger partial charge in [-0.3, -0.25) is 0 Å². The molecule has 0 spiro atoms. The highest BCUT2D eigenvalue weighted by molar-refractivity contribution is 5.87. The summed E-state index contributed by atoms with van der Waals surface area (Å²) < 4.78 is 0. The van der Waals surface area contributed by atoms with Crippen LogP contribution in [0.5, 0.6) is 0 Å². The number of aromatic carboxylic acids is 1. The molecule has 0 bridgehead atoms. The second-order valence-corrected chi connectivity index (χ2v) is 6.48. The van der Waals surface area contributed by atoms with E-state index < -0.39 is 5.97 Å². The number of carbonyl (C=O) groups is 1. The molecule has 2 aliphatic rings. The lowest BCUT2D eigenvalue weighted by Crippen LogP contribution is -2.30. The van der Waals surface area contributed by atoms with Gasteiger partial charge in [-0.25, -0.2) is 0 Å². The minimum absolute atomic E-state index is 0.247. The van der Waals surface area contributed by atoms with Crippen LogP contribution in [0.25, 0.3) is 0 Å². The van der Waals surface area contributed by atoms with Crippen molar-refractivity contribution in [1.82, 2.24) is 0 Å². The maximum absolute atomic E-state index is 11.1. The first-order valence-corrected chi connectivity index (χ1v) is 7.98. The first-order valence-electron chi connectivity index (χ1n) is 7.98. The van der Waals surface area contributed by atoms with Gasteiger partial charge in [0.25, 0.3) is 0 Å². The van der Waals surface area contributed by atoms with Gasteiger partial charge >= 0.3 is 0 Å². The van der Waals surface area contributed by atoms with Crippen molar-refractivity contribution in [2.75, 3.05) is 5.32 Å². The SMILES string of the molecule is Cc1ccc([C@@H]2Nc3ccc(C(=O)[O-])cc3[C@@H]3C=CC[C@H]32)cc1. The number of rotatable bonds is 2. The molecule has 1 heterocycles. The molecular weight excluding hydrogens is 286 g/mol. The Balaban J connectivity index is 1.77. The van der Waals surface area contributed by atoms with Gasteiger partial charge in [-0.15, -0.1) is 0 Å². The van der Waals surface area contributed by atoms with E-state index >= 15 is 0 Å². The molecule has 0 fully saturated rings. The van der Waals surface area contributed by atoms with E-state index in [4.69, 9.17) is 0 Å². The van der Waals surface area contributed by atoms with Crippen LogP contribution in [0, 0.1) is 12.8 Å². The second-order valence-electron chi connectivity index (χ2n) is 6.48. The summed E-state index contributed by atoms with van der Waals surface area (Å²) >= 11 is 0. The number of carboxylic acid groups (broad SMARTS) is 1. The van der Waals surface area contributed by atoms with Crippen LogP contribution in [0.2, 0.25) is 0 Å². The standard InChI is InChI=1S/C20H19NO2/c1-12-5-7-13(8-6-12)19-16-4-2-3-15(16)17-11-14(20(22)23)9-10-18(17)21-19/h2-3,5-11,15-16,19,21H,4H2,1H3,(H,22,23)/p-1/t15-,16-,19+/m1/s1. The molecule has 1 N–H and O–H groups in total. The maximum Gasteiger partial charge on any atom is 0.0715 e. The summed E-state index contributed by atoms with van der Waals surface area (Å²) in [5.74, 6) is -0.439. The molecule has 2 aromatic rings. The van der Waals surface area contributed by atoms with Crippen molar-refractivity contribution in [2.45, 2.75) is 25.3 Å². The quantitative estimate of drug-likeness (QED) is 0.867. The second kappa shape index (κ2) is 5.27. The average molecular weight is 304 g/mol. The van der Waals surface area contributed by atoms with Crippen LogP contribution in [-0.4, -0.2) is 5.97 Å². The van der Waals surface area contributed by atoms with E-state index in [2.05, 4.69) is 48.7 Å². The summed E-state index contributed by atoms with van der Waals surface area (Å²) in [7, 11) is 0. The summed E-state index contributed by atoms with van der Waals surface area (Å²) in [6, 6.07) is 14.1. The Bertz CT molecular complexity index is 792. The predicted octanol–water partition coefficient (Wildman–Crippen LogP) is 3.19. The van der Waals surface area contributed by atoms with Crippen molar-refractivity contribution in [1.29, 1.82) is 0 Å². The molecule has 23 heavy (non-hydrogen) atoms. The smallest absolute Gasteiger partial charge is 0.0715 e. The fourth-order valence-corrected chi connectivity index (χ4v) is 3.83. The van der Waals surface area contributed by atoms with Crippen LogP contribution in [-0.2, 0) is 0 Å². The van der Waals surface area contributed by atoms with E-state index in [1.165, 1.54) is 11.1 Å². The zero-order valence-electron chi connectivity index (χ0n) is 13.0. The topological polar surface area (TPSA) is 52.2 Å². The van der Waals surface area contributed by atoms with E-state index in [1.807, 2.05) is 6.07 Å². The molecule has 3 heteroatoms. The largest absolute Gasteiger partial charge is 0.545 e. The van der Waals surface area contributed by atoms with E-state index in [-0.39, 0.29) is 17.5 Å². The number of carbonyl (C=O) groups excluding carboxylic acids is 1. The van der Waals surface area contributed by atoms with Gasteiger partial charge < -0.3 is 15.2 Å². The molecular formula is C20H18NO2-. The van der Waals surface area contributed by atoms with Gasteiger partial charge in [0.1, 0.15) is 0 Å². The maximum atomic E-state index is 11.1. The van der Waals surface area contributed by atoms with Crippen molar-refractivity contribution in [3.05, 3.63) is 76.9 Å². The average Bonchev–Trinajstić information content (AvgIpc) is 3.04. The Kier molecular flexibility index (Phi) is 3.22. The predicted molar refractivity (Wildman–Crippen MR) is 88.3 cm³/mol. The molecule has 116 valence electrons. The van der Waals surface area contributed by atoms with E-state index in [0.29, 0.717) is 5.92 Å². The number of carboxylic acids is 1. The summed E-state index contributed by atoms with van der Waals surface area (Å²) in [6.45, 7) is 2.09. The number of hydrogen-bond acceptors (Lipinski definition) is 3. The molecule has 0 radical (unpaired) electrons. The first kappa shape index (κ1) is 14.1. The zero-order chi connectivity index (χ0) is 16.0. The lowest BCUT2D eigenvalue weighted by molar-refractivity contribution is -0.255. The Hall–Kier alpha value is -2.55. The van der Waals surface area contributed by atoms with E-state index in [0.717, 1.165) is 17.7 Å². The molecule has 1 aliphatic heterocycles. The molecule has 3 atom stereocenters. The number of benzene rings is 2. The molecule has 4 rings (SSSR count). The fraction of sp³-hybridized carbons (Fsp3) is 0.250. The highest BCUT2D eigenvalue weighted by atomic mass is 16.4. The fourth-order valence-electron chi connectivity index (χ4n) is 3.83. The number of aryl methyl sites for hydroxylation is 1. The molecule has 0 saturated heterocycles. The summed E-state index contributed by atoms with van der Waals surface area (Å²) in [4.78, 5) is 11.1. The van der Waals surface area contributed by atoms with Crippen molar-refractivity contribution in [3.63, 3.8) is 0 Å².